The molecule has 4 aromatic rings. The minimum atomic E-state index is -0.286. The van der Waals surface area contributed by atoms with Crippen LogP contribution in [0.1, 0.15) is 28.9 Å². The lowest BCUT2D eigenvalue weighted by molar-refractivity contribution is 0.0904. The third kappa shape index (κ3) is 4.14. The number of anilines is 1. The molecule has 8 heteroatoms. The smallest absolute Gasteiger partial charge is 0.297 e. The van der Waals surface area contributed by atoms with Gasteiger partial charge in [-0.1, -0.05) is 58.7 Å². The molecular weight excluding hydrogens is 448 g/mol. The van der Waals surface area contributed by atoms with Crippen molar-refractivity contribution in [1.82, 2.24) is 20.0 Å². The first-order valence-corrected chi connectivity index (χ1v) is 11.2. The number of hydrogen-bond donors (Lipinski definition) is 2. The van der Waals surface area contributed by atoms with E-state index in [4.69, 9.17) is 16.6 Å². The number of para-hydroxylation sites is 2. The molecule has 2 N–H and O–H groups in total. The Morgan fingerprint density at radius 2 is 1.68 bits per heavy atom. The second-order valence-electron chi connectivity index (χ2n) is 7.92. The lowest BCUT2D eigenvalue weighted by Gasteiger charge is -2.28. The Morgan fingerprint density at radius 3 is 2.47 bits per heavy atom. The highest BCUT2D eigenvalue weighted by Crippen LogP contribution is 2.42. The number of carbonyl (C=O) groups is 1. The molecule has 0 saturated carbocycles. The Labute approximate surface area is 202 Å². The van der Waals surface area contributed by atoms with Gasteiger partial charge in [0.2, 0.25) is 12.3 Å². The van der Waals surface area contributed by atoms with Crippen LogP contribution in [0, 0.1) is 0 Å². The number of nitrogens with zero attached hydrogens (tertiary/aromatic N) is 4. The molecule has 0 saturated heterocycles. The number of quaternary nitrogens is 1. The summed E-state index contributed by atoms with van der Waals surface area (Å²) in [5.41, 5.74) is 6.23. The maximum absolute atomic E-state index is 13.3. The zero-order chi connectivity index (χ0) is 23.5. The molecule has 0 aliphatic carbocycles. The van der Waals surface area contributed by atoms with Crippen molar-refractivity contribution in [1.29, 1.82) is 0 Å². The predicted octanol–water partition coefficient (Wildman–Crippen LogP) is 5.96. The van der Waals surface area contributed by atoms with E-state index in [0.29, 0.717) is 22.4 Å². The lowest BCUT2D eigenvalue weighted by atomic mass is 10.1. The molecule has 1 aromatic heterocycles. The number of aliphatic imine (C=N–C) groups is 1. The van der Waals surface area contributed by atoms with Gasteiger partial charge in [0.25, 0.3) is 11.7 Å². The molecule has 0 fully saturated rings. The third-order valence-electron chi connectivity index (χ3n) is 5.66. The Bertz CT molecular complexity index is 1360. The van der Waals surface area contributed by atoms with Crippen LogP contribution in [0.2, 0.25) is 5.02 Å². The van der Waals surface area contributed by atoms with E-state index in [-0.39, 0.29) is 16.5 Å². The van der Waals surface area contributed by atoms with Crippen molar-refractivity contribution in [2.75, 3.05) is 5.32 Å². The number of nitrogens with one attached hydrogen (secondary N) is 2. The summed E-state index contributed by atoms with van der Waals surface area (Å²) in [6.45, 7) is 2.05. The normalized spacial score (nSPS) is 17.1. The van der Waals surface area contributed by atoms with Crippen LogP contribution in [-0.2, 0) is 0 Å². The van der Waals surface area contributed by atoms with E-state index in [1.54, 1.807) is 42.9 Å². The van der Waals surface area contributed by atoms with Crippen LogP contribution in [0.4, 0.5) is 23.1 Å². The van der Waals surface area contributed by atoms with Gasteiger partial charge < -0.3 is 5.32 Å². The standard InChI is InChI=1S/C26H21ClN6O/c1-18(19-7-3-2-4-8-19)30-26-28-16-15-24(31-26)33(17-29-22-9-5-6-10-23(22)33)32-25(34)20-11-13-21(27)14-12-20/h2-18H,1H3,(H-,28,30,31,32,34)/p+1. The average molecular weight is 470 g/mol. The van der Waals surface area contributed by atoms with E-state index in [9.17, 15) is 4.79 Å². The molecule has 34 heavy (non-hydrogen) atoms. The van der Waals surface area contributed by atoms with Crippen molar-refractivity contribution < 1.29 is 4.79 Å². The van der Waals surface area contributed by atoms with Gasteiger partial charge in [-0.25, -0.2) is 4.98 Å². The van der Waals surface area contributed by atoms with Crippen molar-refractivity contribution in [3.05, 3.63) is 107 Å². The molecule has 1 aliphatic heterocycles. The highest BCUT2D eigenvalue weighted by Gasteiger charge is 2.43. The summed E-state index contributed by atoms with van der Waals surface area (Å²) < 4.78 is -0.172. The van der Waals surface area contributed by atoms with Gasteiger partial charge in [0.1, 0.15) is 5.69 Å². The second kappa shape index (κ2) is 9.05. The van der Waals surface area contributed by atoms with Crippen LogP contribution in [0.25, 0.3) is 0 Å². The Morgan fingerprint density at radius 1 is 0.941 bits per heavy atom. The first-order valence-electron chi connectivity index (χ1n) is 10.8. The number of benzene rings is 3. The fraction of sp³-hybridized carbons (Fsp3) is 0.0769. The van der Waals surface area contributed by atoms with Crippen LogP contribution < -0.4 is 15.3 Å². The molecule has 1 aliphatic rings. The number of amides is 1. The maximum Gasteiger partial charge on any atom is 0.297 e. The molecular formula is C26H22ClN6O+. The molecule has 2 heterocycles. The largest absolute Gasteiger partial charge is 0.348 e. The number of hydrogen-bond acceptors (Lipinski definition) is 5. The van der Waals surface area contributed by atoms with E-state index in [1.807, 2.05) is 61.5 Å². The molecule has 7 nitrogen and oxygen atoms in total. The first-order chi connectivity index (χ1) is 16.5. The van der Waals surface area contributed by atoms with E-state index in [0.717, 1.165) is 16.9 Å². The summed E-state index contributed by atoms with van der Waals surface area (Å²) in [4.78, 5) is 27.0. The van der Waals surface area contributed by atoms with E-state index in [1.165, 1.54) is 0 Å². The van der Waals surface area contributed by atoms with Crippen molar-refractivity contribution >= 4 is 47.0 Å². The van der Waals surface area contributed by atoms with Crippen molar-refractivity contribution in [3.8, 4) is 0 Å². The van der Waals surface area contributed by atoms with Gasteiger partial charge in [-0.3, -0.25) is 4.79 Å². The summed E-state index contributed by atoms with van der Waals surface area (Å²) in [7, 11) is 0. The Balaban J connectivity index is 1.52. The molecule has 0 spiro atoms. The van der Waals surface area contributed by atoms with Crippen LogP contribution in [0.5, 0.6) is 0 Å². The molecule has 2 unspecified atom stereocenters. The number of halogens is 1. The number of rotatable bonds is 6. The van der Waals surface area contributed by atoms with Gasteiger partial charge in [-0.15, -0.1) is 0 Å². The second-order valence-corrected chi connectivity index (χ2v) is 8.36. The fourth-order valence-electron chi connectivity index (χ4n) is 3.87. The van der Waals surface area contributed by atoms with Crippen molar-refractivity contribution in [2.24, 2.45) is 4.99 Å². The first kappa shape index (κ1) is 21.8. The van der Waals surface area contributed by atoms with Crippen LogP contribution in [0.3, 0.4) is 0 Å². The Hall–Kier alpha value is -4.07. The number of fused-ring (bicyclic) bond motifs is 1. The third-order valence-corrected chi connectivity index (χ3v) is 5.92. The van der Waals surface area contributed by atoms with Gasteiger partial charge in [-0.2, -0.15) is 15.4 Å². The zero-order valence-corrected chi connectivity index (χ0v) is 19.1. The summed E-state index contributed by atoms with van der Waals surface area (Å²) in [6.07, 6.45) is 3.34. The highest BCUT2D eigenvalue weighted by atomic mass is 35.5. The maximum atomic E-state index is 13.3. The van der Waals surface area contributed by atoms with Crippen molar-refractivity contribution in [2.45, 2.75) is 13.0 Å². The minimum absolute atomic E-state index is 0.00640. The summed E-state index contributed by atoms with van der Waals surface area (Å²) >= 11 is 6.00. The van der Waals surface area contributed by atoms with Gasteiger partial charge in [0.05, 0.1) is 6.04 Å². The minimum Gasteiger partial charge on any atom is -0.348 e. The number of carbonyl (C=O) groups excluding carboxylic acids is 1. The molecule has 1 amide bonds. The predicted molar refractivity (Wildman–Crippen MR) is 135 cm³/mol. The zero-order valence-electron chi connectivity index (χ0n) is 18.4. The van der Waals surface area contributed by atoms with Gasteiger partial charge in [0.15, 0.2) is 5.69 Å². The SMILES string of the molecule is CC(Nc1nccc([N+]2(NC(=O)c3ccc(Cl)cc3)C=Nc3ccccc32)n1)c1ccccc1. The van der Waals surface area contributed by atoms with E-state index < -0.39 is 0 Å². The van der Waals surface area contributed by atoms with Crippen LogP contribution in [-0.4, -0.2) is 22.2 Å². The van der Waals surface area contributed by atoms with E-state index >= 15 is 0 Å². The molecule has 5 rings (SSSR count). The van der Waals surface area contributed by atoms with Gasteiger partial charge in [-0.05, 0) is 42.8 Å². The molecule has 0 bridgehead atoms. The lowest BCUT2D eigenvalue weighted by Crippen LogP contribution is -2.56. The average Bonchev–Trinajstić information content (AvgIpc) is 3.24. The molecule has 0 radical (unpaired) electrons. The summed E-state index contributed by atoms with van der Waals surface area (Å²) in [5, 5.41) is 3.91. The molecule has 2 atom stereocenters. The van der Waals surface area contributed by atoms with Gasteiger partial charge in [0, 0.05) is 28.9 Å². The number of aromatic nitrogens is 2. The topological polar surface area (TPSA) is 79.3 Å². The summed E-state index contributed by atoms with van der Waals surface area (Å²) in [6, 6.07) is 26.2. The van der Waals surface area contributed by atoms with Gasteiger partial charge >= 0.3 is 0 Å². The Kier molecular flexibility index (Phi) is 5.79. The molecule has 168 valence electrons. The fourth-order valence-corrected chi connectivity index (χ4v) is 4.00. The monoisotopic (exact) mass is 469 g/mol. The summed E-state index contributed by atoms with van der Waals surface area (Å²) in [5.74, 6) is 0.712. The van der Waals surface area contributed by atoms with E-state index in [2.05, 4.69) is 20.7 Å². The quantitative estimate of drug-likeness (QED) is 0.341. The van der Waals surface area contributed by atoms with Crippen LogP contribution >= 0.6 is 11.6 Å². The van der Waals surface area contributed by atoms with Crippen LogP contribution in [0.15, 0.2) is 96.1 Å². The van der Waals surface area contributed by atoms with Crippen molar-refractivity contribution in [3.63, 3.8) is 0 Å². The molecule has 3 aromatic carbocycles. The highest BCUT2D eigenvalue weighted by molar-refractivity contribution is 6.30.